The van der Waals surface area contributed by atoms with Gasteiger partial charge in [0.05, 0.1) is 5.39 Å². The summed E-state index contributed by atoms with van der Waals surface area (Å²) in [7, 11) is 2.13. The van der Waals surface area contributed by atoms with Gasteiger partial charge in [-0.2, -0.15) is 4.98 Å². The first-order valence-corrected chi connectivity index (χ1v) is 8.56. The molecule has 7 nitrogen and oxygen atoms in total. The predicted molar refractivity (Wildman–Crippen MR) is 97.2 cm³/mol. The van der Waals surface area contributed by atoms with E-state index in [1.807, 2.05) is 25.3 Å². The third kappa shape index (κ3) is 3.15. The molecule has 0 amide bonds. The van der Waals surface area contributed by atoms with E-state index in [1.165, 1.54) is 6.42 Å². The van der Waals surface area contributed by atoms with Gasteiger partial charge in [0.25, 0.3) is 0 Å². The molecule has 0 bridgehead atoms. The molecule has 130 valence electrons. The molecule has 2 N–H and O–H groups in total. The van der Waals surface area contributed by atoms with Crippen LogP contribution in [-0.4, -0.2) is 55.9 Å². The Morgan fingerprint density at radius 1 is 1.32 bits per heavy atom. The van der Waals surface area contributed by atoms with Gasteiger partial charge in [-0.25, -0.2) is 9.67 Å². The van der Waals surface area contributed by atoms with Gasteiger partial charge in [0, 0.05) is 25.0 Å². The van der Waals surface area contributed by atoms with E-state index in [1.54, 1.807) is 16.9 Å². The Labute approximate surface area is 146 Å². The Morgan fingerprint density at radius 3 is 3.00 bits per heavy atom. The number of aromatic nitrogens is 4. The van der Waals surface area contributed by atoms with Crippen molar-refractivity contribution in [3.8, 4) is 11.4 Å². The predicted octanol–water partition coefficient (Wildman–Crippen LogP) is 2.34. The van der Waals surface area contributed by atoms with E-state index < -0.39 is 0 Å². The van der Waals surface area contributed by atoms with Gasteiger partial charge in [-0.15, -0.1) is 5.10 Å². The van der Waals surface area contributed by atoms with Crippen molar-refractivity contribution >= 4 is 17.0 Å². The van der Waals surface area contributed by atoms with Crippen LogP contribution in [0, 0.1) is 6.92 Å². The number of likely N-dealkylation sites (N-methyl/N-ethyl adjacent to an activating group) is 1. The van der Waals surface area contributed by atoms with Crippen LogP contribution in [0.15, 0.2) is 30.6 Å². The quantitative estimate of drug-likeness (QED) is 0.763. The van der Waals surface area contributed by atoms with E-state index in [0.29, 0.717) is 23.3 Å². The van der Waals surface area contributed by atoms with E-state index in [0.717, 1.165) is 30.5 Å². The summed E-state index contributed by atoms with van der Waals surface area (Å²) in [6.07, 6.45) is 5.92. The number of nitrogens with zero attached hydrogens (tertiary/aromatic N) is 5. The Bertz CT molecular complexity index is 885. The van der Waals surface area contributed by atoms with Gasteiger partial charge in [0.15, 0.2) is 5.65 Å². The van der Waals surface area contributed by atoms with Gasteiger partial charge in [0.1, 0.15) is 11.4 Å². The van der Waals surface area contributed by atoms with Crippen LogP contribution in [0.5, 0.6) is 5.75 Å². The van der Waals surface area contributed by atoms with E-state index in [2.05, 4.69) is 32.3 Å². The van der Waals surface area contributed by atoms with Crippen molar-refractivity contribution in [2.24, 2.45) is 0 Å². The van der Waals surface area contributed by atoms with Crippen molar-refractivity contribution in [3.63, 3.8) is 0 Å². The molecule has 0 saturated carbocycles. The lowest BCUT2D eigenvalue weighted by Crippen LogP contribution is -2.40. The molecule has 1 atom stereocenters. The summed E-state index contributed by atoms with van der Waals surface area (Å²) in [6, 6.07) is 5.78. The van der Waals surface area contributed by atoms with Crippen LogP contribution in [0.3, 0.4) is 0 Å². The molecule has 7 heteroatoms. The molecule has 4 rings (SSSR count). The van der Waals surface area contributed by atoms with E-state index in [9.17, 15) is 5.11 Å². The van der Waals surface area contributed by atoms with Crippen molar-refractivity contribution in [1.29, 1.82) is 0 Å². The standard InChI is InChI=1S/C18H22N6O/c1-12-5-3-7-15(25)16(12)24-10-13-9-19-18(21-17(13)22-24)20-14-6-4-8-23(2)11-14/h3,5,7,9-10,14,25H,4,6,8,11H2,1-2H3,(H,20,21,22)/t14-/m1/s1. The van der Waals surface area contributed by atoms with Crippen LogP contribution in [0.4, 0.5) is 5.95 Å². The lowest BCUT2D eigenvalue weighted by atomic mass is 10.1. The summed E-state index contributed by atoms with van der Waals surface area (Å²) in [6.45, 7) is 4.08. The van der Waals surface area contributed by atoms with Gasteiger partial charge in [0.2, 0.25) is 5.95 Å². The van der Waals surface area contributed by atoms with Crippen LogP contribution in [0.2, 0.25) is 0 Å². The fourth-order valence-corrected chi connectivity index (χ4v) is 3.41. The lowest BCUT2D eigenvalue weighted by molar-refractivity contribution is 0.260. The van der Waals surface area contributed by atoms with Gasteiger partial charge in [-0.3, -0.25) is 0 Å². The number of aromatic hydroxyl groups is 1. The fourth-order valence-electron chi connectivity index (χ4n) is 3.41. The molecular weight excluding hydrogens is 316 g/mol. The highest BCUT2D eigenvalue weighted by atomic mass is 16.3. The Hall–Kier alpha value is -2.67. The minimum atomic E-state index is 0.198. The molecule has 1 aliphatic heterocycles. The molecule has 0 aliphatic carbocycles. The molecular formula is C18H22N6O. The first kappa shape index (κ1) is 15.8. The number of phenols is 1. The molecule has 1 aliphatic rings. The second-order valence-electron chi connectivity index (χ2n) is 6.73. The number of aryl methyl sites for hydroxylation is 1. The molecule has 1 fully saturated rings. The van der Waals surface area contributed by atoms with Crippen molar-refractivity contribution in [2.75, 3.05) is 25.5 Å². The topological polar surface area (TPSA) is 79.1 Å². The Balaban J connectivity index is 1.63. The van der Waals surface area contributed by atoms with Crippen molar-refractivity contribution in [3.05, 3.63) is 36.2 Å². The highest BCUT2D eigenvalue weighted by Gasteiger charge is 2.18. The van der Waals surface area contributed by atoms with Crippen LogP contribution in [0.1, 0.15) is 18.4 Å². The number of likely N-dealkylation sites (tertiary alicyclic amines) is 1. The number of piperidine rings is 1. The van der Waals surface area contributed by atoms with Gasteiger partial charge < -0.3 is 15.3 Å². The molecule has 2 aromatic heterocycles. The minimum Gasteiger partial charge on any atom is -0.506 e. The normalized spacial score (nSPS) is 18.6. The van der Waals surface area contributed by atoms with Crippen molar-refractivity contribution in [2.45, 2.75) is 25.8 Å². The number of anilines is 1. The SMILES string of the molecule is Cc1cccc(O)c1-n1cc2cnc(N[C@@H]3CCCN(C)C3)nc2n1. The van der Waals surface area contributed by atoms with Crippen LogP contribution in [0.25, 0.3) is 16.7 Å². The molecule has 0 spiro atoms. The largest absolute Gasteiger partial charge is 0.506 e. The van der Waals surface area contributed by atoms with Crippen LogP contribution >= 0.6 is 0 Å². The molecule has 1 saturated heterocycles. The molecule has 0 radical (unpaired) electrons. The fraction of sp³-hybridized carbons (Fsp3) is 0.389. The average molecular weight is 338 g/mol. The monoisotopic (exact) mass is 338 g/mol. The Morgan fingerprint density at radius 2 is 2.20 bits per heavy atom. The number of phenolic OH excluding ortho intramolecular Hbond substituents is 1. The first-order valence-electron chi connectivity index (χ1n) is 8.56. The smallest absolute Gasteiger partial charge is 0.225 e. The summed E-state index contributed by atoms with van der Waals surface area (Å²) >= 11 is 0. The molecule has 1 aromatic carbocycles. The zero-order valence-electron chi connectivity index (χ0n) is 14.5. The summed E-state index contributed by atoms with van der Waals surface area (Å²) < 4.78 is 1.67. The number of para-hydroxylation sites is 1. The maximum Gasteiger partial charge on any atom is 0.225 e. The third-order valence-corrected chi connectivity index (χ3v) is 4.66. The molecule has 25 heavy (non-hydrogen) atoms. The van der Waals surface area contributed by atoms with Gasteiger partial charge in [-0.1, -0.05) is 12.1 Å². The minimum absolute atomic E-state index is 0.198. The zero-order chi connectivity index (χ0) is 17.4. The number of hydrogen-bond donors (Lipinski definition) is 2. The Kier molecular flexibility index (Phi) is 4.01. The highest BCUT2D eigenvalue weighted by Crippen LogP contribution is 2.26. The van der Waals surface area contributed by atoms with E-state index in [4.69, 9.17) is 0 Å². The van der Waals surface area contributed by atoms with Crippen molar-refractivity contribution < 1.29 is 5.11 Å². The number of rotatable bonds is 3. The number of nitrogens with one attached hydrogen (secondary N) is 1. The molecule has 3 aromatic rings. The maximum atomic E-state index is 10.2. The highest BCUT2D eigenvalue weighted by molar-refractivity contribution is 5.75. The number of hydrogen-bond acceptors (Lipinski definition) is 6. The summed E-state index contributed by atoms with van der Waals surface area (Å²) in [4.78, 5) is 11.3. The number of benzene rings is 1. The van der Waals surface area contributed by atoms with E-state index >= 15 is 0 Å². The molecule has 3 heterocycles. The average Bonchev–Trinajstić information content (AvgIpc) is 2.97. The summed E-state index contributed by atoms with van der Waals surface area (Å²) in [5.74, 6) is 0.802. The van der Waals surface area contributed by atoms with E-state index in [-0.39, 0.29) is 5.75 Å². The summed E-state index contributed by atoms with van der Waals surface area (Å²) in [5.41, 5.74) is 2.23. The number of fused-ring (bicyclic) bond motifs is 1. The first-order chi connectivity index (χ1) is 12.1. The summed E-state index contributed by atoms with van der Waals surface area (Å²) in [5, 5.41) is 18.9. The van der Waals surface area contributed by atoms with Crippen LogP contribution in [-0.2, 0) is 0 Å². The maximum absolute atomic E-state index is 10.2. The zero-order valence-corrected chi connectivity index (χ0v) is 14.5. The van der Waals surface area contributed by atoms with Crippen LogP contribution < -0.4 is 5.32 Å². The van der Waals surface area contributed by atoms with Gasteiger partial charge >= 0.3 is 0 Å². The third-order valence-electron chi connectivity index (χ3n) is 4.66. The lowest BCUT2D eigenvalue weighted by Gasteiger charge is -2.30. The van der Waals surface area contributed by atoms with Crippen molar-refractivity contribution in [1.82, 2.24) is 24.6 Å². The second kappa shape index (κ2) is 6.33. The second-order valence-corrected chi connectivity index (χ2v) is 6.73. The molecule has 0 unspecified atom stereocenters. The van der Waals surface area contributed by atoms with Gasteiger partial charge in [-0.05, 0) is 45.0 Å².